The first-order chi connectivity index (χ1) is 14.3. The van der Waals surface area contributed by atoms with Crippen LogP contribution in [0, 0.1) is 35.5 Å². The predicted molar refractivity (Wildman–Crippen MR) is 123 cm³/mol. The van der Waals surface area contributed by atoms with Gasteiger partial charge in [0.15, 0.2) is 6.10 Å². The number of aliphatic hydroxyl groups is 1. The maximum absolute atomic E-state index is 12.5. The zero-order chi connectivity index (χ0) is 21.8. The van der Waals surface area contributed by atoms with Gasteiger partial charge in [0, 0.05) is 29.1 Å². The van der Waals surface area contributed by atoms with Crippen LogP contribution in [-0.2, 0) is 19.1 Å². The smallest absolute Gasteiger partial charge is 0.309 e. The zero-order valence-corrected chi connectivity index (χ0v) is 20.0. The monoisotopic (exact) mass is 526 g/mol. The van der Waals surface area contributed by atoms with Gasteiger partial charge in [0.05, 0.1) is 18.4 Å². The molecule has 1 N–H and O–H groups in total. The third-order valence-corrected chi connectivity index (χ3v) is 7.26. The third-order valence-electron chi connectivity index (χ3n) is 6.39. The van der Waals surface area contributed by atoms with E-state index in [0.717, 1.165) is 12.8 Å². The molecule has 0 aromatic carbocycles. The summed E-state index contributed by atoms with van der Waals surface area (Å²) in [4.78, 5) is 24.1. The SMILES string of the molecule is CC[C@H](C)C(=O)O[C@H]1C[C@@H](I)C=C2C=C[C@H](C)[C@H](CC#C[C@@H]3C[C@@H](O)CC(=O)O3)[C@H]21. The Morgan fingerprint density at radius 1 is 1.43 bits per heavy atom. The van der Waals surface area contributed by atoms with Gasteiger partial charge >= 0.3 is 11.9 Å². The Bertz CT molecular complexity index is 776. The summed E-state index contributed by atoms with van der Waals surface area (Å²) in [5.74, 6) is 6.26. The zero-order valence-electron chi connectivity index (χ0n) is 17.8. The Morgan fingerprint density at radius 3 is 2.90 bits per heavy atom. The van der Waals surface area contributed by atoms with E-state index in [1.165, 1.54) is 5.57 Å². The lowest BCUT2D eigenvalue weighted by Crippen LogP contribution is -2.42. The van der Waals surface area contributed by atoms with Crippen LogP contribution in [0.25, 0.3) is 0 Å². The van der Waals surface area contributed by atoms with Gasteiger partial charge in [-0.05, 0) is 23.8 Å². The number of hydrogen-bond acceptors (Lipinski definition) is 5. The topological polar surface area (TPSA) is 72.8 Å². The summed E-state index contributed by atoms with van der Waals surface area (Å²) in [6, 6.07) is 0. The number of alkyl halides is 1. The quantitative estimate of drug-likeness (QED) is 0.260. The molecule has 0 aromatic heterocycles. The number of ether oxygens (including phenoxy) is 2. The average molecular weight is 526 g/mol. The lowest BCUT2D eigenvalue weighted by atomic mass is 9.67. The van der Waals surface area contributed by atoms with Crippen molar-refractivity contribution in [3.63, 3.8) is 0 Å². The molecule has 0 radical (unpaired) electrons. The molecule has 0 bridgehead atoms. The number of aliphatic hydroxyl groups excluding tert-OH is 1. The molecule has 8 atom stereocenters. The summed E-state index contributed by atoms with van der Waals surface area (Å²) in [5, 5.41) is 9.77. The second-order valence-corrected chi connectivity index (χ2v) is 10.3. The predicted octanol–water partition coefficient (Wildman–Crippen LogP) is 3.98. The van der Waals surface area contributed by atoms with Crippen LogP contribution in [0.5, 0.6) is 0 Å². The molecule has 1 fully saturated rings. The van der Waals surface area contributed by atoms with E-state index < -0.39 is 18.2 Å². The third kappa shape index (κ3) is 5.67. The highest BCUT2D eigenvalue weighted by molar-refractivity contribution is 14.1. The molecular formula is C24H31IO5. The van der Waals surface area contributed by atoms with Crippen LogP contribution in [0.4, 0.5) is 0 Å². The Morgan fingerprint density at radius 2 is 2.20 bits per heavy atom. The second-order valence-electron chi connectivity index (χ2n) is 8.71. The Balaban J connectivity index is 1.76. The standard InChI is InChI=1S/C24H31IO5/c1-4-14(2)24(28)30-21-11-17(25)10-16-9-8-15(3)20(23(16)21)7-5-6-19-12-18(26)13-22(27)29-19/h8-10,14-15,17-21,23,26H,4,7,11-13H2,1-3H3/t14-,15-,17-,18+,19+,20-,21-,23-/m0/s1. The van der Waals surface area contributed by atoms with Crippen LogP contribution in [-0.4, -0.2) is 39.3 Å². The Kier molecular flexibility index (Phi) is 8.03. The Labute approximate surface area is 192 Å². The summed E-state index contributed by atoms with van der Waals surface area (Å²) in [5.41, 5.74) is 1.23. The van der Waals surface area contributed by atoms with Gasteiger partial charge in [0.2, 0.25) is 0 Å². The van der Waals surface area contributed by atoms with Crippen LogP contribution in [0.15, 0.2) is 23.8 Å². The molecule has 1 heterocycles. The van der Waals surface area contributed by atoms with Gasteiger partial charge in [-0.15, -0.1) is 0 Å². The molecule has 2 aliphatic carbocycles. The first-order valence-electron chi connectivity index (χ1n) is 10.9. The van der Waals surface area contributed by atoms with E-state index >= 15 is 0 Å². The number of rotatable bonds is 4. The van der Waals surface area contributed by atoms with Crippen LogP contribution in [0.2, 0.25) is 0 Å². The number of hydrogen-bond donors (Lipinski definition) is 1. The largest absolute Gasteiger partial charge is 0.461 e. The molecule has 0 unspecified atom stereocenters. The van der Waals surface area contributed by atoms with Gasteiger partial charge in [-0.25, -0.2) is 0 Å². The van der Waals surface area contributed by atoms with Gasteiger partial charge in [-0.2, -0.15) is 0 Å². The van der Waals surface area contributed by atoms with E-state index in [2.05, 4.69) is 59.6 Å². The normalized spacial score (nSPS) is 36.5. The van der Waals surface area contributed by atoms with Crippen molar-refractivity contribution < 1.29 is 24.2 Å². The minimum Gasteiger partial charge on any atom is -0.461 e. The summed E-state index contributed by atoms with van der Waals surface area (Å²) in [7, 11) is 0. The fourth-order valence-electron chi connectivity index (χ4n) is 4.42. The van der Waals surface area contributed by atoms with Crippen molar-refractivity contribution in [2.45, 2.75) is 75.1 Å². The summed E-state index contributed by atoms with van der Waals surface area (Å²) < 4.78 is 11.6. The van der Waals surface area contributed by atoms with Crippen molar-refractivity contribution in [2.24, 2.45) is 23.7 Å². The molecule has 30 heavy (non-hydrogen) atoms. The lowest BCUT2D eigenvalue weighted by Gasteiger charge is -2.42. The van der Waals surface area contributed by atoms with E-state index in [1.807, 2.05) is 13.8 Å². The van der Waals surface area contributed by atoms with Gasteiger partial charge in [0.1, 0.15) is 6.10 Å². The van der Waals surface area contributed by atoms with Crippen molar-refractivity contribution >= 4 is 34.5 Å². The first-order valence-corrected chi connectivity index (χ1v) is 12.1. The minimum absolute atomic E-state index is 0.0412. The maximum Gasteiger partial charge on any atom is 0.309 e. The fraction of sp³-hybridized carbons (Fsp3) is 0.667. The molecule has 3 aliphatic rings. The highest BCUT2D eigenvalue weighted by atomic mass is 127. The van der Waals surface area contributed by atoms with Crippen molar-refractivity contribution in [1.29, 1.82) is 0 Å². The second kappa shape index (κ2) is 10.3. The van der Waals surface area contributed by atoms with E-state index in [9.17, 15) is 14.7 Å². The highest BCUT2D eigenvalue weighted by Crippen LogP contribution is 2.44. The van der Waals surface area contributed by atoms with Gasteiger partial charge in [-0.3, -0.25) is 9.59 Å². The molecule has 1 aliphatic heterocycles. The van der Waals surface area contributed by atoms with Crippen molar-refractivity contribution in [3.05, 3.63) is 23.8 Å². The van der Waals surface area contributed by atoms with Crippen LogP contribution in [0.1, 0.15) is 52.9 Å². The highest BCUT2D eigenvalue weighted by Gasteiger charge is 2.41. The number of allylic oxidation sites excluding steroid dienone is 3. The number of cyclic esters (lactones) is 1. The fourth-order valence-corrected chi connectivity index (χ4v) is 5.33. The average Bonchev–Trinajstić information content (AvgIpc) is 2.68. The number of carbonyl (C=O) groups is 2. The van der Waals surface area contributed by atoms with Gasteiger partial charge in [-0.1, -0.05) is 73.4 Å². The van der Waals surface area contributed by atoms with Gasteiger partial charge in [0.25, 0.3) is 0 Å². The molecule has 5 nitrogen and oxygen atoms in total. The van der Waals surface area contributed by atoms with Crippen LogP contribution < -0.4 is 0 Å². The van der Waals surface area contributed by atoms with E-state index in [-0.39, 0.29) is 36.2 Å². The van der Waals surface area contributed by atoms with Gasteiger partial charge < -0.3 is 14.6 Å². The summed E-state index contributed by atoms with van der Waals surface area (Å²) in [6.45, 7) is 6.08. The molecule has 3 rings (SSSR count). The molecule has 1 saturated heterocycles. The van der Waals surface area contributed by atoms with Crippen molar-refractivity contribution in [3.8, 4) is 11.8 Å². The summed E-state index contributed by atoms with van der Waals surface area (Å²) >= 11 is 2.41. The van der Waals surface area contributed by atoms with Crippen molar-refractivity contribution in [2.75, 3.05) is 0 Å². The minimum atomic E-state index is -0.681. The number of carbonyl (C=O) groups excluding carboxylic acids is 2. The number of fused-ring (bicyclic) bond motifs is 1. The molecular weight excluding hydrogens is 495 g/mol. The molecule has 0 saturated carbocycles. The first kappa shape index (κ1) is 23.3. The van der Waals surface area contributed by atoms with Crippen LogP contribution >= 0.6 is 22.6 Å². The van der Waals surface area contributed by atoms with Crippen molar-refractivity contribution in [1.82, 2.24) is 0 Å². The molecule has 164 valence electrons. The molecule has 0 spiro atoms. The van der Waals surface area contributed by atoms with E-state index in [4.69, 9.17) is 9.47 Å². The lowest BCUT2D eigenvalue weighted by molar-refractivity contribution is -0.158. The molecule has 6 heteroatoms. The van der Waals surface area contributed by atoms with Crippen LogP contribution in [0.3, 0.4) is 0 Å². The number of halogens is 1. The number of esters is 2. The maximum atomic E-state index is 12.5. The molecule has 0 amide bonds. The summed E-state index contributed by atoms with van der Waals surface area (Å²) in [6.07, 6.45) is 7.89. The molecule has 0 aromatic rings. The Hall–Kier alpha value is -1.33. The van der Waals surface area contributed by atoms with E-state index in [1.54, 1.807) is 0 Å². The van der Waals surface area contributed by atoms with E-state index in [0.29, 0.717) is 22.7 Å².